The number of aromatic nitrogens is 2. The van der Waals surface area contributed by atoms with E-state index in [1.54, 1.807) is 18.2 Å². The van der Waals surface area contributed by atoms with Crippen molar-refractivity contribution in [1.29, 1.82) is 0 Å². The van der Waals surface area contributed by atoms with Crippen LogP contribution in [0.15, 0.2) is 42.5 Å². The number of aromatic amines is 1. The number of thiophene rings is 1. The molecule has 0 atom stereocenters. The summed E-state index contributed by atoms with van der Waals surface area (Å²) in [6.45, 7) is 0. The molecule has 2 heterocycles. The lowest BCUT2D eigenvalue weighted by Crippen LogP contribution is -1.75. The summed E-state index contributed by atoms with van der Waals surface area (Å²) in [6.07, 6.45) is 0. The van der Waals surface area contributed by atoms with Crippen molar-refractivity contribution in [2.24, 2.45) is 0 Å². The first-order valence-corrected chi connectivity index (χ1v) is 6.86. The number of para-hydroxylation sites is 1. The van der Waals surface area contributed by atoms with Crippen LogP contribution in [0, 0.1) is 11.6 Å². The minimum atomic E-state index is -0.350. The van der Waals surface area contributed by atoms with Crippen LogP contribution in [-0.2, 0) is 0 Å². The summed E-state index contributed by atoms with van der Waals surface area (Å²) in [7, 11) is 0. The highest BCUT2D eigenvalue weighted by atomic mass is 32.1. The third-order valence-corrected chi connectivity index (χ3v) is 4.28. The molecule has 0 radical (unpaired) electrons. The number of benzene rings is 2. The van der Waals surface area contributed by atoms with Crippen LogP contribution in [-0.4, -0.2) is 9.97 Å². The Morgan fingerprint density at radius 3 is 2.80 bits per heavy atom. The van der Waals surface area contributed by atoms with Gasteiger partial charge >= 0.3 is 0 Å². The molecule has 4 aromatic rings. The Balaban J connectivity index is 1.94. The molecule has 20 heavy (non-hydrogen) atoms. The molecule has 0 spiro atoms. The maximum Gasteiger partial charge on any atom is 0.151 e. The summed E-state index contributed by atoms with van der Waals surface area (Å²) in [5.74, 6) is -0.00888. The first kappa shape index (κ1) is 11.5. The molecule has 0 amide bonds. The van der Waals surface area contributed by atoms with Gasteiger partial charge in [0.1, 0.15) is 17.2 Å². The Morgan fingerprint density at radius 1 is 1.05 bits per heavy atom. The van der Waals surface area contributed by atoms with Crippen molar-refractivity contribution in [3.05, 3.63) is 54.1 Å². The predicted octanol–water partition coefficient (Wildman–Crippen LogP) is 4.72. The molecule has 0 aliphatic carbocycles. The lowest BCUT2D eigenvalue weighted by molar-refractivity contribution is 0.630. The molecule has 0 aliphatic rings. The van der Waals surface area contributed by atoms with Gasteiger partial charge in [0.25, 0.3) is 0 Å². The second-order valence-electron chi connectivity index (χ2n) is 4.51. The van der Waals surface area contributed by atoms with E-state index < -0.39 is 0 Å². The van der Waals surface area contributed by atoms with Gasteiger partial charge in [0.05, 0.1) is 10.4 Å². The molecule has 98 valence electrons. The van der Waals surface area contributed by atoms with Gasteiger partial charge in [-0.05, 0) is 35.7 Å². The smallest absolute Gasteiger partial charge is 0.151 e. The summed E-state index contributed by atoms with van der Waals surface area (Å²) in [6, 6.07) is 11.4. The third kappa shape index (κ3) is 1.71. The van der Waals surface area contributed by atoms with Crippen molar-refractivity contribution in [3.8, 4) is 10.7 Å². The average Bonchev–Trinajstić information content (AvgIpc) is 3.01. The molecule has 2 aromatic carbocycles. The maximum absolute atomic E-state index is 13.6. The van der Waals surface area contributed by atoms with Gasteiger partial charge in [-0.3, -0.25) is 0 Å². The molecule has 2 aromatic heterocycles. The van der Waals surface area contributed by atoms with E-state index in [-0.39, 0.29) is 11.6 Å². The van der Waals surface area contributed by atoms with E-state index in [1.807, 2.05) is 6.07 Å². The van der Waals surface area contributed by atoms with Crippen molar-refractivity contribution in [3.63, 3.8) is 0 Å². The van der Waals surface area contributed by atoms with E-state index in [2.05, 4.69) is 9.97 Å². The lowest BCUT2D eigenvalue weighted by atomic mass is 10.2. The molecule has 0 unspecified atom stereocenters. The minimum absolute atomic E-state index is 0.262. The molecule has 0 fully saturated rings. The fourth-order valence-corrected chi connectivity index (χ4v) is 3.27. The molecule has 1 N–H and O–H groups in total. The number of rotatable bonds is 1. The molecule has 4 rings (SSSR count). The van der Waals surface area contributed by atoms with Gasteiger partial charge in [-0.2, -0.15) is 0 Å². The van der Waals surface area contributed by atoms with Crippen LogP contribution in [0.5, 0.6) is 0 Å². The molecule has 0 saturated heterocycles. The summed E-state index contributed by atoms with van der Waals surface area (Å²) < 4.78 is 27.7. The van der Waals surface area contributed by atoms with E-state index in [1.165, 1.54) is 29.5 Å². The van der Waals surface area contributed by atoms with Crippen molar-refractivity contribution in [2.45, 2.75) is 0 Å². The first-order chi connectivity index (χ1) is 9.70. The zero-order chi connectivity index (χ0) is 13.7. The van der Waals surface area contributed by atoms with Crippen LogP contribution in [0.1, 0.15) is 0 Å². The second kappa shape index (κ2) is 4.11. The fourth-order valence-electron chi connectivity index (χ4n) is 2.24. The fraction of sp³-hybridized carbons (Fsp3) is 0. The molecule has 0 saturated carbocycles. The highest BCUT2D eigenvalue weighted by Gasteiger charge is 2.11. The van der Waals surface area contributed by atoms with E-state index >= 15 is 0 Å². The van der Waals surface area contributed by atoms with Crippen molar-refractivity contribution < 1.29 is 8.78 Å². The van der Waals surface area contributed by atoms with E-state index in [0.29, 0.717) is 16.9 Å². The number of H-pyrrole nitrogens is 1. The van der Waals surface area contributed by atoms with Gasteiger partial charge in [0, 0.05) is 4.70 Å². The highest BCUT2D eigenvalue weighted by Crippen LogP contribution is 2.33. The summed E-state index contributed by atoms with van der Waals surface area (Å²) in [4.78, 5) is 8.24. The molecule has 2 nitrogen and oxygen atoms in total. The quantitative estimate of drug-likeness (QED) is 0.538. The Bertz CT molecular complexity index is 940. The number of fused-ring (bicyclic) bond motifs is 2. The van der Waals surface area contributed by atoms with Gasteiger partial charge in [-0.25, -0.2) is 13.8 Å². The molecular formula is C15H8F2N2S. The number of halogens is 2. The lowest BCUT2D eigenvalue weighted by Gasteiger charge is -1.87. The number of nitrogens with one attached hydrogen (secondary N) is 1. The minimum Gasteiger partial charge on any atom is -0.337 e. The van der Waals surface area contributed by atoms with Gasteiger partial charge in [-0.15, -0.1) is 11.3 Å². The summed E-state index contributed by atoms with van der Waals surface area (Å²) in [5, 5.41) is 0.951. The van der Waals surface area contributed by atoms with Gasteiger partial charge in [0.2, 0.25) is 0 Å². The zero-order valence-electron chi connectivity index (χ0n) is 10.2. The van der Waals surface area contributed by atoms with E-state index in [9.17, 15) is 8.78 Å². The summed E-state index contributed by atoms with van der Waals surface area (Å²) >= 11 is 1.43. The van der Waals surface area contributed by atoms with Gasteiger partial charge in [0.15, 0.2) is 5.82 Å². The van der Waals surface area contributed by atoms with Crippen LogP contribution in [0.3, 0.4) is 0 Å². The van der Waals surface area contributed by atoms with Crippen LogP contribution >= 0.6 is 11.3 Å². The number of hydrogen-bond donors (Lipinski definition) is 1. The van der Waals surface area contributed by atoms with E-state index in [0.717, 1.165) is 15.0 Å². The van der Waals surface area contributed by atoms with Gasteiger partial charge < -0.3 is 4.98 Å². The molecular weight excluding hydrogens is 278 g/mol. The normalized spacial score (nSPS) is 11.5. The van der Waals surface area contributed by atoms with Crippen molar-refractivity contribution in [2.75, 3.05) is 0 Å². The Morgan fingerprint density at radius 2 is 1.95 bits per heavy atom. The highest BCUT2D eigenvalue weighted by molar-refractivity contribution is 7.22. The standard InChI is InChI=1S/C15H8F2N2S/c16-9-5-4-8-6-13(20-12(8)7-9)15-18-11-3-1-2-10(17)14(11)19-15/h1-7H,(H,18,19). The third-order valence-electron chi connectivity index (χ3n) is 3.18. The van der Waals surface area contributed by atoms with Crippen molar-refractivity contribution in [1.82, 2.24) is 9.97 Å². The van der Waals surface area contributed by atoms with Crippen molar-refractivity contribution >= 4 is 32.5 Å². The number of hydrogen-bond acceptors (Lipinski definition) is 2. The number of nitrogens with zero attached hydrogens (tertiary/aromatic N) is 1. The topological polar surface area (TPSA) is 28.7 Å². The predicted molar refractivity (Wildman–Crippen MR) is 76.8 cm³/mol. The summed E-state index contributed by atoms with van der Waals surface area (Å²) in [5.41, 5.74) is 0.981. The second-order valence-corrected chi connectivity index (χ2v) is 5.60. The Hall–Kier alpha value is -2.27. The molecule has 0 bridgehead atoms. The monoisotopic (exact) mass is 286 g/mol. The first-order valence-electron chi connectivity index (χ1n) is 6.04. The largest absolute Gasteiger partial charge is 0.337 e. The van der Waals surface area contributed by atoms with Crippen LogP contribution in [0.4, 0.5) is 8.78 Å². The molecule has 5 heteroatoms. The average molecular weight is 286 g/mol. The van der Waals surface area contributed by atoms with Crippen LogP contribution in [0.25, 0.3) is 31.8 Å². The molecule has 0 aliphatic heterocycles. The zero-order valence-corrected chi connectivity index (χ0v) is 11.0. The van der Waals surface area contributed by atoms with E-state index in [4.69, 9.17) is 0 Å². The van der Waals surface area contributed by atoms with Crippen LogP contribution < -0.4 is 0 Å². The maximum atomic E-state index is 13.6. The Kier molecular flexibility index (Phi) is 2.37. The van der Waals surface area contributed by atoms with Gasteiger partial charge in [-0.1, -0.05) is 12.1 Å². The van der Waals surface area contributed by atoms with Crippen LogP contribution in [0.2, 0.25) is 0 Å². The SMILES string of the molecule is Fc1ccc2cc(-c3nc4c(F)cccc4[nH]3)sc2c1. The number of imidazole rings is 1. The Labute approximate surface area is 116 Å².